The molecule has 0 aliphatic carbocycles. The number of hydrogen-bond acceptors (Lipinski definition) is 7. The van der Waals surface area contributed by atoms with E-state index in [0.717, 1.165) is 11.5 Å². The molecular formula is C39H45F3N4O6. The van der Waals surface area contributed by atoms with Crippen LogP contribution in [-0.4, -0.2) is 90.4 Å². The number of carbonyl (C=O) groups is 3. The summed E-state index contributed by atoms with van der Waals surface area (Å²) in [5, 5.41) is 35.6. The van der Waals surface area contributed by atoms with Crippen molar-refractivity contribution in [1.29, 1.82) is 0 Å². The van der Waals surface area contributed by atoms with Crippen LogP contribution in [0.4, 0.5) is 18.9 Å². The van der Waals surface area contributed by atoms with Crippen molar-refractivity contribution in [1.82, 2.24) is 15.5 Å². The summed E-state index contributed by atoms with van der Waals surface area (Å²) in [5.74, 6) is 6.49. The molecule has 1 unspecified atom stereocenters. The molecule has 1 aliphatic rings. The molecule has 0 fully saturated rings. The lowest BCUT2D eigenvalue weighted by molar-refractivity contribution is -0.142. The number of fused-ring (bicyclic) bond motifs is 2. The standard InChI is InChI=1S/C32H34F3N3O4.C7H11NO2/c1-3-37(4-2)16-17-38-27-20-22(9-5-8-12-28(40)36-15-18-39)19-26(32(33,34)35)29(27)31(42,30(38)41)25-14-13-23-10-6-7-11-24(23)21-25;1-2-3-4-7(10)8-5-6-9/h6-7,10-11,13-14,19-21,39,42H,3-4,8,12,15-18H2,1-2H3,(H,36,40);1,9H,3-6H2,(H,8,10). The maximum Gasteiger partial charge on any atom is 0.416 e. The quantitative estimate of drug-likeness (QED) is 0.160. The van der Waals surface area contributed by atoms with Crippen LogP contribution in [0.25, 0.3) is 10.8 Å². The second kappa shape index (κ2) is 19.6. The number of anilines is 1. The number of likely N-dealkylation sites (N-methyl/N-ethyl adjacent to an activating group) is 1. The summed E-state index contributed by atoms with van der Waals surface area (Å²) >= 11 is 0. The Kier molecular flexibility index (Phi) is 15.7. The van der Waals surface area contributed by atoms with Gasteiger partial charge in [-0.25, -0.2) is 0 Å². The van der Waals surface area contributed by atoms with Crippen molar-refractivity contribution in [3.05, 3.63) is 76.9 Å². The largest absolute Gasteiger partial charge is 0.416 e. The number of nitrogens with one attached hydrogen (secondary N) is 2. The lowest BCUT2D eigenvalue weighted by Crippen LogP contribution is -2.44. The molecule has 13 heteroatoms. The molecule has 0 saturated carbocycles. The fourth-order valence-corrected chi connectivity index (χ4v) is 5.71. The summed E-state index contributed by atoms with van der Waals surface area (Å²) < 4.78 is 44.0. The molecule has 52 heavy (non-hydrogen) atoms. The van der Waals surface area contributed by atoms with Crippen molar-refractivity contribution in [3.8, 4) is 24.2 Å². The zero-order valence-electron chi connectivity index (χ0n) is 29.4. The molecule has 0 saturated heterocycles. The molecule has 0 spiro atoms. The molecular weight excluding hydrogens is 677 g/mol. The minimum Gasteiger partial charge on any atom is -0.395 e. The van der Waals surface area contributed by atoms with E-state index in [1.807, 2.05) is 30.9 Å². The molecule has 0 bridgehead atoms. The fourth-order valence-electron chi connectivity index (χ4n) is 5.71. The second-order valence-electron chi connectivity index (χ2n) is 11.8. The van der Waals surface area contributed by atoms with E-state index < -0.39 is 28.8 Å². The topological polar surface area (TPSA) is 142 Å². The van der Waals surface area contributed by atoms with E-state index in [-0.39, 0.29) is 67.8 Å². The summed E-state index contributed by atoms with van der Waals surface area (Å²) in [6, 6.07) is 14.2. The van der Waals surface area contributed by atoms with Gasteiger partial charge in [-0.05, 0) is 47.6 Å². The van der Waals surface area contributed by atoms with Crippen LogP contribution in [0.3, 0.4) is 0 Å². The first-order chi connectivity index (χ1) is 24.8. The molecule has 5 N–H and O–H groups in total. The molecule has 3 amide bonds. The third kappa shape index (κ3) is 10.6. The van der Waals surface area contributed by atoms with Crippen molar-refractivity contribution >= 4 is 34.2 Å². The highest BCUT2D eigenvalue weighted by atomic mass is 19.4. The molecule has 1 heterocycles. The Labute approximate surface area is 302 Å². The van der Waals surface area contributed by atoms with Crippen LogP contribution < -0.4 is 15.5 Å². The van der Waals surface area contributed by atoms with Gasteiger partial charge < -0.3 is 35.8 Å². The highest BCUT2D eigenvalue weighted by Gasteiger charge is 2.55. The Morgan fingerprint density at radius 2 is 1.54 bits per heavy atom. The van der Waals surface area contributed by atoms with Gasteiger partial charge in [-0.3, -0.25) is 14.4 Å². The van der Waals surface area contributed by atoms with Gasteiger partial charge in [-0.15, -0.1) is 12.3 Å². The van der Waals surface area contributed by atoms with E-state index in [9.17, 15) is 32.7 Å². The van der Waals surface area contributed by atoms with E-state index >= 15 is 0 Å². The molecule has 3 aromatic carbocycles. The number of aliphatic hydroxyl groups is 3. The van der Waals surface area contributed by atoms with Gasteiger partial charge in [0, 0.05) is 63.0 Å². The van der Waals surface area contributed by atoms with Crippen molar-refractivity contribution in [3.63, 3.8) is 0 Å². The zero-order chi connectivity index (χ0) is 38.3. The van der Waals surface area contributed by atoms with Crippen LogP contribution in [0.2, 0.25) is 0 Å². The summed E-state index contributed by atoms with van der Waals surface area (Å²) in [7, 11) is 0. The lowest BCUT2D eigenvalue weighted by atomic mass is 9.83. The van der Waals surface area contributed by atoms with Crippen LogP contribution in [0, 0.1) is 24.2 Å². The van der Waals surface area contributed by atoms with E-state index in [1.54, 1.807) is 24.3 Å². The number of rotatable bonds is 14. The maximum atomic E-state index is 14.7. The number of carbonyl (C=O) groups excluding carboxylic acids is 3. The summed E-state index contributed by atoms with van der Waals surface area (Å²) in [4.78, 5) is 39.7. The normalized spacial score (nSPS) is 14.9. The number of alkyl halides is 3. The Morgan fingerprint density at radius 1 is 0.923 bits per heavy atom. The number of amides is 3. The Balaban J connectivity index is 0.000000636. The van der Waals surface area contributed by atoms with Crippen molar-refractivity contribution in [2.45, 2.75) is 51.3 Å². The van der Waals surface area contributed by atoms with Gasteiger partial charge in [0.2, 0.25) is 11.8 Å². The SMILES string of the molecule is C#CCCC(=O)NCCO.CCN(CC)CCN1C(=O)C(O)(c2ccc3ccccc3c2)c2c1cc(C#CCCC(=O)NCCO)cc2C(F)(F)F. The van der Waals surface area contributed by atoms with E-state index in [2.05, 4.69) is 28.4 Å². The first-order valence-electron chi connectivity index (χ1n) is 17.0. The van der Waals surface area contributed by atoms with Gasteiger partial charge >= 0.3 is 6.18 Å². The predicted molar refractivity (Wildman–Crippen MR) is 193 cm³/mol. The summed E-state index contributed by atoms with van der Waals surface area (Å²) in [6.07, 6.45) is 0.927. The van der Waals surface area contributed by atoms with E-state index in [4.69, 9.17) is 16.6 Å². The average molecular weight is 723 g/mol. The number of halogens is 3. The van der Waals surface area contributed by atoms with Crippen molar-refractivity contribution in [2.24, 2.45) is 0 Å². The molecule has 0 radical (unpaired) electrons. The molecule has 1 atom stereocenters. The second-order valence-corrected chi connectivity index (χ2v) is 11.8. The predicted octanol–water partition coefficient (Wildman–Crippen LogP) is 3.53. The molecule has 0 aromatic heterocycles. The smallest absolute Gasteiger partial charge is 0.395 e. The lowest BCUT2D eigenvalue weighted by Gasteiger charge is -2.26. The molecule has 278 valence electrons. The van der Waals surface area contributed by atoms with Gasteiger partial charge in [0.15, 0.2) is 5.60 Å². The van der Waals surface area contributed by atoms with E-state index in [1.165, 1.54) is 17.0 Å². The number of aliphatic hydroxyl groups excluding tert-OH is 2. The Hall–Kier alpha value is -4.92. The van der Waals surface area contributed by atoms with Crippen LogP contribution in [0.1, 0.15) is 61.8 Å². The van der Waals surface area contributed by atoms with Crippen molar-refractivity contribution < 1.29 is 42.9 Å². The summed E-state index contributed by atoms with van der Waals surface area (Å²) in [6.45, 7) is 5.92. The van der Waals surface area contributed by atoms with Gasteiger partial charge in [-0.1, -0.05) is 62.1 Å². The van der Waals surface area contributed by atoms with Crippen LogP contribution in [0.15, 0.2) is 54.6 Å². The fraction of sp³-hybridized carbons (Fsp3) is 0.410. The van der Waals surface area contributed by atoms with Crippen LogP contribution in [0.5, 0.6) is 0 Å². The third-order valence-corrected chi connectivity index (χ3v) is 8.41. The van der Waals surface area contributed by atoms with Crippen molar-refractivity contribution in [2.75, 3.05) is 57.4 Å². The van der Waals surface area contributed by atoms with Gasteiger partial charge in [0.05, 0.1) is 24.5 Å². The average Bonchev–Trinajstić information content (AvgIpc) is 3.35. The summed E-state index contributed by atoms with van der Waals surface area (Å²) in [5.41, 5.74) is -4.19. The first kappa shape index (κ1) is 41.5. The Bertz CT molecular complexity index is 1810. The first-order valence-corrected chi connectivity index (χ1v) is 17.0. The highest BCUT2D eigenvalue weighted by Crippen LogP contribution is 2.51. The van der Waals surface area contributed by atoms with Gasteiger partial charge in [0.1, 0.15) is 0 Å². The third-order valence-electron chi connectivity index (χ3n) is 8.41. The minimum absolute atomic E-state index is 0.0141. The monoisotopic (exact) mass is 722 g/mol. The van der Waals surface area contributed by atoms with E-state index in [0.29, 0.717) is 44.4 Å². The maximum absolute atomic E-state index is 14.7. The van der Waals surface area contributed by atoms with Crippen LogP contribution >= 0.6 is 0 Å². The Morgan fingerprint density at radius 3 is 2.12 bits per heavy atom. The van der Waals surface area contributed by atoms with Gasteiger partial charge in [0.25, 0.3) is 5.91 Å². The number of nitrogens with zero attached hydrogens (tertiary/aromatic N) is 2. The molecule has 1 aliphatic heterocycles. The number of benzene rings is 3. The minimum atomic E-state index is -4.90. The molecule has 4 rings (SSSR count). The van der Waals surface area contributed by atoms with Crippen LogP contribution in [-0.2, 0) is 26.2 Å². The number of hydrogen-bond donors (Lipinski definition) is 5. The highest BCUT2D eigenvalue weighted by molar-refractivity contribution is 6.10. The van der Waals surface area contributed by atoms with Gasteiger partial charge in [-0.2, -0.15) is 13.2 Å². The zero-order valence-corrected chi connectivity index (χ0v) is 29.4. The number of terminal acetylenes is 1. The molecule has 10 nitrogen and oxygen atoms in total. The molecule has 3 aromatic rings.